The largest absolute Gasteiger partial charge is 0.356 e. The van der Waals surface area contributed by atoms with Gasteiger partial charge in [0.15, 0.2) is 0 Å². The van der Waals surface area contributed by atoms with Gasteiger partial charge in [0.25, 0.3) is 0 Å². The average molecular weight is 380 g/mol. The molecule has 1 atom stereocenters. The quantitative estimate of drug-likeness (QED) is 0.836. The Morgan fingerprint density at radius 1 is 1.18 bits per heavy atom. The highest BCUT2D eigenvalue weighted by Gasteiger charge is 2.43. The van der Waals surface area contributed by atoms with Crippen LogP contribution in [0, 0.1) is 5.41 Å². The van der Waals surface area contributed by atoms with E-state index >= 15 is 0 Å². The molecule has 148 valence electrons. The highest BCUT2D eigenvalue weighted by Crippen LogP contribution is 2.37. The smallest absolute Gasteiger partial charge is 0.228 e. The van der Waals surface area contributed by atoms with Crippen molar-refractivity contribution in [3.8, 4) is 11.1 Å². The SMILES string of the molecule is CCNC(=O)C1(Cc2ccccc2-c2cccnc2)CCCN(C(=O)CC)C1. The van der Waals surface area contributed by atoms with Crippen LogP contribution in [0.3, 0.4) is 0 Å². The first-order valence-electron chi connectivity index (χ1n) is 10.1. The number of carbonyl (C=O) groups excluding carboxylic acids is 2. The van der Waals surface area contributed by atoms with Gasteiger partial charge in [-0.3, -0.25) is 14.6 Å². The summed E-state index contributed by atoms with van der Waals surface area (Å²) in [7, 11) is 0. The number of pyridine rings is 1. The maximum absolute atomic E-state index is 13.2. The van der Waals surface area contributed by atoms with Crippen LogP contribution < -0.4 is 5.32 Å². The van der Waals surface area contributed by atoms with Gasteiger partial charge in [-0.1, -0.05) is 37.3 Å². The molecule has 1 aromatic heterocycles. The molecule has 5 nitrogen and oxygen atoms in total. The van der Waals surface area contributed by atoms with Crippen LogP contribution in [0.1, 0.15) is 38.7 Å². The fourth-order valence-electron chi connectivity index (χ4n) is 4.17. The number of benzene rings is 1. The Morgan fingerprint density at radius 2 is 2.00 bits per heavy atom. The highest BCUT2D eigenvalue weighted by atomic mass is 16.2. The molecule has 1 aliphatic rings. The number of nitrogens with one attached hydrogen (secondary N) is 1. The van der Waals surface area contributed by atoms with Crippen LogP contribution in [-0.4, -0.2) is 41.3 Å². The fourth-order valence-corrected chi connectivity index (χ4v) is 4.17. The molecule has 5 heteroatoms. The van der Waals surface area contributed by atoms with E-state index < -0.39 is 5.41 Å². The minimum absolute atomic E-state index is 0.0459. The molecule has 1 fully saturated rings. The van der Waals surface area contributed by atoms with Crippen molar-refractivity contribution in [3.05, 3.63) is 54.4 Å². The zero-order valence-electron chi connectivity index (χ0n) is 16.8. The molecule has 0 saturated carbocycles. The van der Waals surface area contributed by atoms with Crippen molar-refractivity contribution < 1.29 is 9.59 Å². The average Bonchev–Trinajstić information content (AvgIpc) is 2.74. The molecule has 0 spiro atoms. The van der Waals surface area contributed by atoms with E-state index in [2.05, 4.69) is 22.4 Å². The van der Waals surface area contributed by atoms with Crippen molar-refractivity contribution in [2.45, 2.75) is 39.5 Å². The molecule has 28 heavy (non-hydrogen) atoms. The molecule has 1 N–H and O–H groups in total. The number of nitrogens with zero attached hydrogens (tertiary/aromatic N) is 2. The van der Waals surface area contributed by atoms with Crippen molar-refractivity contribution in [2.24, 2.45) is 5.41 Å². The Hall–Kier alpha value is -2.69. The number of rotatable bonds is 6. The molecule has 1 aromatic carbocycles. The Bertz CT molecular complexity index is 822. The summed E-state index contributed by atoms with van der Waals surface area (Å²) in [6.07, 6.45) is 6.32. The van der Waals surface area contributed by atoms with E-state index in [0.717, 1.165) is 36.1 Å². The molecule has 1 saturated heterocycles. The van der Waals surface area contributed by atoms with Gasteiger partial charge >= 0.3 is 0 Å². The van der Waals surface area contributed by atoms with Gasteiger partial charge in [-0.25, -0.2) is 0 Å². The Balaban J connectivity index is 1.97. The lowest BCUT2D eigenvalue weighted by atomic mass is 9.73. The summed E-state index contributed by atoms with van der Waals surface area (Å²) in [5.41, 5.74) is 2.66. The van der Waals surface area contributed by atoms with E-state index in [1.807, 2.05) is 49.2 Å². The molecule has 2 heterocycles. The van der Waals surface area contributed by atoms with Crippen molar-refractivity contribution in [2.75, 3.05) is 19.6 Å². The van der Waals surface area contributed by atoms with Crippen LogP contribution in [-0.2, 0) is 16.0 Å². The Morgan fingerprint density at radius 3 is 2.71 bits per heavy atom. The summed E-state index contributed by atoms with van der Waals surface area (Å²) in [5, 5.41) is 3.02. The molecular weight excluding hydrogens is 350 g/mol. The van der Waals surface area contributed by atoms with E-state index in [-0.39, 0.29) is 11.8 Å². The summed E-state index contributed by atoms with van der Waals surface area (Å²) >= 11 is 0. The predicted octanol–water partition coefficient (Wildman–Crippen LogP) is 3.45. The van der Waals surface area contributed by atoms with Gasteiger partial charge in [0.1, 0.15) is 0 Å². The fraction of sp³-hybridized carbons (Fsp3) is 0.435. The first-order valence-corrected chi connectivity index (χ1v) is 10.1. The third kappa shape index (κ3) is 4.24. The maximum Gasteiger partial charge on any atom is 0.228 e. The summed E-state index contributed by atoms with van der Waals surface area (Å²) in [5.74, 6) is 0.165. The van der Waals surface area contributed by atoms with Crippen LogP contribution in [0.2, 0.25) is 0 Å². The molecule has 0 radical (unpaired) electrons. The van der Waals surface area contributed by atoms with Gasteiger partial charge in [-0.05, 0) is 43.4 Å². The number of likely N-dealkylation sites (tertiary alicyclic amines) is 1. The number of piperidine rings is 1. The molecular formula is C23H29N3O2. The summed E-state index contributed by atoms with van der Waals surface area (Å²) < 4.78 is 0. The van der Waals surface area contributed by atoms with Crippen LogP contribution in [0.15, 0.2) is 48.8 Å². The second-order valence-corrected chi connectivity index (χ2v) is 7.49. The molecule has 2 amide bonds. The lowest BCUT2D eigenvalue weighted by Gasteiger charge is -2.42. The Kier molecular flexibility index (Phi) is 6.45. The van der Waals surface area contributed by atoms with Crippen LogP contribution in [0.25, 0.3) is 11.1 Å². The van der Waals surface area contributed by atoms with Crippen LogP contribution in [0.5, 0.6) is 0 Å². The monoisotopic (exact) mass is 379 g/mol. The summed E-state index contributed by atoms with van der Waals surface area (Å²) in [4.78, 5) is 31.6. The number of amides is 2. The van der Waals surface area contributed by atoms with E-state index in [0.29, 0.717) is 25.9 Å². The first kappa shape index (κ1) is 20.1. The van der Waals surface area contributed by atoms with Gasteiger partial charge in [0.2, 0.25) is 11.8 Å². The van der Waals surface area contributed by atoms with Gasteiger partial charge in [-0.2, -0.15) is 0 Å². The van der Waals surface area contributed by atoms with E-state index in [9.17, 15) is 9.59 Å². The minimum Gasteiger partial charge on any atom is -0.356 e. The van der Waals surface area contributed by atoms with Crippen molar-refractivity contribution in [1.82, 2.24) is 15.2 Å². The second-order valence-electron chi connectivity index (χ2n) is 7.49. The Labute approximate surface area is 167 Å². The van der Waals surface area contributed by atoms with E-state index in [1.54, 1.807) is 6.20 Å². The third-order valence-electron chi connectivity index (χ3n) is 5.57. The van der Waals surface area contributed by atoms with Gasteiger partial charge in [0, 0.05) is 44.0 Å². The van der Waals surface area contributed by atoms with Gasteiger partial charge in [-0.15, -0.1) is 0 Å². The lowest BCUT2D eigenvalue weighted by molar-refractivity contribution is -0.141. The van der Waals surface area contributed by atoms with Crippen molar-refractivity contribution in [3.63, 3.8) is 0 Å². The van der Waals surface area contributed by atoms with Crippen LogP contribution in [0.4, 0.5) is 0 Å². The van der Waals surface area contributed by atoms with E-state index in [4.69, 9.17) is 0 Å². The molecule has 2 aromatic rings. The number of hydrogen-bond donors (Lipinski definition) is 1. The second kappa shape index (κ2) is 9.00. The standard InChI is InChI=1S/C23H29N3O2/c1-3-21(27)26-14-8-12-23(17-26,22(28)25-4-2)15-18-9-5-6-11-20(18)19-10-7-13-24-16-19/h5-7,9-11,13,16H,3-4,8,12,14-15,17H2,1-2H3,(H,25,28). The summed E-state index contributed by atoms with van der Waals surface area (Å²) in [6, 6.07) is 12.2. The normalized spacial score (nSPS) is 19.3. The third-order valence-corrected chi connectivity index (χ3v) is 5.57. The van der Waals surface area contributed by atoms with Gasteiger partial charge < -0.3 is 10.2 Å². The minimum atomic E-state index is -0.600. The van der Waals surface area contributed by atoms with Crippen molar-refractivity contribution in [1.29, 1.82) is 0 Å². The zero-order valence-corrected chi connectivity index (χ0v) is 16.8. The predicted molar refractivity (Wildman–Crippen MR) is 111 cm³/mol. The number of hydrogen-bond acceptors (Lipinski definition) is 3. The van der Waals surface area contributed by atoms with Crippen LogP contribution >= 0.6 is 0 Å². The molecule has 1 aliphatic heterocycles. The van der Waals surface area contributed by atoms with E-state index in [1.165, 1.54) is 0 Å². The summed E-state index contributed by atoms with van der Waals surface area (Å²) in [6.45, 7) is 5.62. The number of aromatic nitrogens is 1. The van der Waals surface area contributed by atoms with Gasteiger partial charge in [0.05, 0.1) is 5.41 Å². The zero-order chi connectivity index (χ0) is 20.0. The number of carbonyl (C=O) groups is 2. The molecule has 3 rings (SSSR count). The first-order chi connectivity index (χ1) is 13.6. The van der Waals surface area contributed by atoms with Crippen molar-refractivity contribution >= 4 is 11.8 Å². The lowest BCUT2D eigenvalue weighted by Crippen LogP contribution is -2.54. The molecule has 1 unspecified atom stereocenters. The molecule has 0 aliphatic carbocycles. The maximum atomic E-state index is 13.2. The highest BCUT2D eigenvalue weighted by molar-refractivity contribution is 5.85. The topological polar surface area (TPSA) is 62.3 Å². The molecule has 0 bridgehead atoms.